The quantitative estimate of drug-likeness (QED) is 0.294. The summed E-state index contributed by atoms with van der Waals surface area (Å²) in [6.07, 6.45) is 3.03. The molecule has 2 aromatic heterocycles. The highest BCUT2D eigenvalue weighted by Gasteiger charge is 2.14. The second-order valence-electron chi connectivity index (χ2n) is 7.64. The lowest BCUT2D eigenvalue weighted by Crippen LogP contribution is -1.97. The average molecular weight is 525 g/mol. The summed E-state index contributed by atoms with van der Waals surface area (Å²) in [6, 6.07) is 18.2. The van der Waals surface area contributed by atoms with Gasteiger partial charge >= 0.3 is 0 Å². The summed E-state index contributed by atoms with van der Waals surface area (Å²) in [6.45, 7) is 0. The Hall–Kier alpha value is -4.10. The molecule has 0 aliphatic rings. The highest BCUT2D eigenvalue weighted by Crippen LogP contribution is 2.30. The van der Waals surface area contributed by atoms with E-state index in [4.69, 9.17) is 17.9 Å². The summed E-state index contributed by atoms with van der Waals surface area (Å²) in [5, 5.41) is 0. The number of hydrogen-bond acceptors (Lipinski definition) is 8. The van der Waals surface area contributed by atoms with Crippen molar-refractivity contribution in [3.05, 3.63) is 85.2 Å². The van der Waals surface area contributed by atoms with Crippen LogP contribution < -0.4 is 0 Å². The van der Waals surface area contributed by atoms with E-state index in [1.165, 1.54) is 60.9 Å². The van der Waals surface area contributed by atoms with Crippen LogP contribution >= 0.6 is 0 Å². The summed E-state index contributed by atoms with van der Waals surface area (Å²) >= 11 is 0. The molecule has 0 unspecified atom stereocenters. The van der Waals surface area contributed by atoms with Crippen LogP contribution in [0.5, 0.6) is 0 Å². The Morgan fingerprint density at radius 3 is 1.11 bits per heavy atom. The molecule has 182 valence electrons. The lowest BCUT2D eigenvalue weighted by Gasteiger charge is -2.01. The summed E-state index contributed by atoms with van der Waals surface area (Å²) in [5.74, 6) is 1.55. The van der Waals surface area contributed by atoms with Crippen molar-refractivity contribution in [2.45, 2.75) is 9.79 Å². The van der Waals surface area contributed by atoms with Crippen molar-refractivity contribution >= 4 is 20.2 Å². The molecule has 0 saturated carbocycles. The molecule has 0 bridgehead atoms. The summed E-state index contributed by atoms with van der Waals surface area (Å²) in [5.41, 5.74) is 2.56. The molecule has 5 rings (SSSR count). The predicted molar refractivity (Wildman–Crippen MR) is 128 cm³/mol. The largest absolute Gasteiger partial charge is 0.436 e. The van der Waals surface area contributed by atoms with E-state index >= 15 is 0 Å². The molecule has 36 heavy (non-hydrogen) atoms. The minimum Gasteiger partial charge on any atom is -0.436 e. The van der Waals surface area contributed by atoms with Gasteiger partial charge in [-0.2, -0.15) is 16.8 Å². The van der Waals surface area contributed by atoms with Gasteiger partial charge in [-0.05, 0) is 72.8 Å². The Kier molecular flexibility index (Phi) is 5.80. The van der Waals surface area contributed by atoms with Crippen LogP contribution in [0.2, 0.25) is 0 Å². The minimum absolute atomic E-state index is 0.216. The lowest BCUT2D eigenvalue weighted by molar-refractivity contribution is 0.481. The molecule has 5 aromatic rings. The van der Waals surface area contributed by atoms with E-state index in [1.807, 2.05) is 0 Å². The van der Waals surface area contributed by atoms with Crippen molar-refractivity contribution in [3.63, 3.8) is 0 Å². The fourth-order valence-electron chi connectivity index (χ4n) is 3.42. The van der Waals surface area contributed by atoms with Gasteiger partial charge < -0.3 is 8.83 Å². The Morgan fingerprint density at radius 1 is 0.500 bits per heavy atom. The molecule has 10 nitrogen and oxygen atoms in total. The topological polar surface area (TPSA) is 161 Å². The molecule has 0 spiro atoms. The van der Waals surface area contributed by atoms with Gasteiger partial charge in [-0.25, -0.2) is 9.97 Å². The Morgan fingerprint density at radius 2 is 0.806 bits per heavy atom. The van der Waals surface area contributed by atoms with Crippen LogP contribution in [0.3, 0.4) is 0 Å². The number of hydrogen-bond donors (Lipinski definition) is 2. The first kappa shape index (κ1) is 23.6. The van der Waals surface area contributed by atoms with Crippen LogP contribution in [0.25, 0.3) is 45.6 Å². The van der Waals surface area contributed by atoms with E-state index in [0.717, 1.165) is 0 Å². The lowest BCUT2D eigenvalue weighted by atomic mass is 10.1. The highest BCUT2D eigenvalue weighted by atomic mass is 32.2. The van der Waals surface area contributed by atoms with Gasteiger partial charge in [0.05, 0.1) is 22.2 Å². The molecule has 0 fully saturated rings. The molecule has 3 aromatic carbocycles. The number of nitrogens with zero attached hydrogens (tertiary/aromatic N) is 2. The van der Waals surface area contributed by atoms with Gasteiger partial charge in [0, 0.05) is 22.3 Å². The predicted octanol–water partition coefficient (Wildman–Crippen LogP) is 4.82. The first-order valence-corrected chi connectivity index (χ1v) is 13.1. The highest BCUT2D eigenvalue weighted by molar-refractivity contribution is 7.86. The maximum atomic E-state index is 11.2. The summed E-state index contributed by atoms with van der Waals surface area (Å²) in [7, 11) is -8.56. The Balaban J connectivity index is 1.34. The fraction of sp³-hybridized carbons (Fsp3) is 0. The van der Waals surface area contributed by atoms with Gasteiger partial charge in [0.25, 0.3) is 20.2 Å². The van der Waals surface area contributed by atoms with Crippen molar-refractivity contribution in [1.29, 1.82) is 0 Å². The third-order valence-electron chi connectivity index (χ3n) is 5.26. The fourth-order valence-corrected chi connectivity index (χ4v) is 4.38. The molecular formula is C24H16N2O8S2. The number of aromatic nitrogens is 2. The molecule has 2 N–H and O–H groups in total. The van der Waals surface area contributed by atoms with Crippen LogP contribution in [0.1, 0.15) is 0 Å². The van der Waals surface area contributed by atoms with Gasteiger partial charge in [-0.15, -0.1) is 0 Å². The smallest absolute Gasteiger partial charge is 0.294 e. The van der Waals surface area contributed by atoms with E-state index < -0.39 is 20.2 Å². The molecular weight excluding hydrogens is 508 g/mol. The monoisotopic (exact) mass is 524 g/mol. The first-order chi connectivity index (χ1) is 17.1. The molecule has 2 heterocycles. The van der Waals surface area contributed by atoms with E-state index in [2.05, 4.69) is 9.97 Å². The summed E-state index contributed by atoms with van der Waals surface area (Å²) in [4.78, 5) is 8.11. The van der Waals surface area contributed by atoms with Crippen LogP contribution in [0.4, 0.5) is 0 Å². The second kappa shape index (κ2) is 8.84. The van der Waals surface area contributed by atoms with E-state index in [9.17, 15) is 16.8 Å². The molecule has 0 aliphatic heterocycles. The molecule has 0 atom stereocenters. The number of rotatable bonds is 6. The maximum absolute atomic E-state index is 11.2. The van der Waals surface area contributed by atoms with Crippen molar-refractivity contribution in [3.8, 4) is 45.6 Å². The average Bonchev–Trinajstić information content (AvgIpc) is 3.54. The van der Waals surface area contributed by atoms with Gasteiger partial charge in [0.1, 0.15) is 0 Å². The number of benzene rings is 3. The Bertz CT molecular complexity index is 1620. The second-order valence-corrected chi connectivity index (χ2v) is 10.5. The van der Waals surface area contributed by atoms with Crippen molar-refractivity contribution in [2.24, 2.45) is 0 Å². The van der Waals surface area contributed by atoms with Crippen LogP contribution in [0, 0.1) is 0 Å². The molecule has 0 saturated heterocycles. The standard InChI is InChI=1S/C24H16N2O8S2/c27-35(28,29)19-9-5-15(6-10-19)21-13-25-23(33-21)17-1-2-18(4-3-17)24-26-14-22(34-24)16-7-11-20(12-8-16)36(30,31)32/h1-14H,(H,27,28,29)(H,30,31,32). The Labute approximate surface area is 205 Å². The van der Waals surface area contributed by atoms with Gasteiger partial charge in [0.15, 0.2) is 11.5 Å². The normalized spacial score (nSPS) is 12.1. The van der Waals surface area contributed by atoms with Crippen LogP contribution in [0.15, 0.2) is 104 Å². The third kappa shape index (κ3) is 4.83. The zero-order valence-electron chi connectivity index (χ0n) is 18.1. The molecule has 12 heteroatoms. The number of oxazole rings is 2. The van der Waals surface area contributed by atoms with Crippen molar-refractivity contribution < 1.29 is 34.8 Å². The van der Waals surface area contributed by atoms with E-state index in [0.29, 0.717) is 45.6 Å². The van der Waals surface area contributed by atoms with Gasteiger partial charge in [-0.1, -0.05) is 0 Å². The van der Waals surface area contributed by atoms with E-state index in [-0.39, 0.29) is 9.79 Å². The molecule has 0 aliphatic carbocycles. The maximum Gasteiger partial charge on any atom is 0.294 e. The zero-order valence-corrected chi connectivity index (χ0v) is 19.8. The molecule has 0 amide bonds. The SMILES string of the molecule is O=S(=O)(O)c1ccc(-c2cnc(-c3ccc(-c4ncc(-c5ccc(S(=O)(=O)O)cc5)o4)cc3)o2)cc1. The molecule has 0 radical (unpaired) electrons. The van der Waals surface area contributed by atoms with Crippen molar-refractivity contribution in [2.75, 3.05) is 0 Å². The van der Waals surface area contributed by atoms with Crippen LogP contribution in [-0.2, 0) is 20.2 Å². The minimum atomic E-state index is -4.28. The van der Waals surface area contributed by atoms with Crippen LogP contribution in [-0.4, -0.2) is 35.9 Å². The van der Waals surface area contributed by atoms with Crippen molar-refractivity contribution in [1.82, 2.24) is 9.97 Å². The van der Waals surface area contributed by atoms with E-state index in [1.54, 1.807) is 24.3 Å². The summed E-state index contributed by atoms with van der Waals surface area (Å²) < 4.78 is 74.6. The first-order valence-electron chi connectivity index (χ1n) is 10.3. The van der Waals surface area contributed by atoms with Gasteiger partial charge in [-0.3, -0.25) is 9.11 Å². The zero-order chi connectivity index (χ0) is 25.5. The van der Waals surface area contributed by atoms with Gasteiger partial charge in [0.2, 0.25) is 11.8 Å². The third-order valence-corrected chi connectivity index (χ3v) is 7.00.